The summed E-state index contributed by atoms with van der Waals surface area (Å²) in [6.45, 7) is 1.59. The van der Waals surface area contributed by atoms with Crippen molar-refractivity contribution in [1.82, 2.24) is 59.5 Å². The number of pyridine rings is 3. The Morgan fingerprint density at radius 2 is 1.20 bits per heavy atom. The van der Waals surface area contributed by atoms with Gasteiger partial charge in [0.05, 0.1) is 70.6 Å². The van der Waals surface area contributed by atoms with Gasteiger partial charge in [0, 0.05) is 112 Å². The molecule has 6 aromatic heterocycles. The number of nitrogens with zero attached hydrogens (tertiary/aromatic N) is 16. The minimum absolute atomic E-state index is 0.00955. The first kappa shape index (κ1) is 67.8. The van der Waals surface area contributed by atoms with Gasteiger partial charge in [-0.3, -0.25) is 34.3 Å². The standard InChI is InChI=1S/C76H74F6N16O4S/c77-47-36-75(21-8-27-95(75)40-47)43-101-73-90-67-56(70(91-73)94-30-32-97(50(42-94)20-24-84)72(100)58(79)35-60-86-26-33-103-60)39-88-65(63(67)82)53-17-7-18-54(61(53)46-12-6-13-46)68-59(80)37-76(22-9-28-98(68)76)44-102-74-89-66-55(38-87-64(62(66)81)52-16-2-1-15-51(52)45-10-5-11-45)69(92-74)93-29-31-96(49(41-93)19-23-83)71(99)57(78)34-48-14-3-4-25-85-48/h1-4,7,14-18,25-26,33-35,38-39,45-47,49-50,59,68H,5-6,8-13,19-22,27-32,36-37,40-44H2/b57-34-,58-35-/t47-,49+,50+,59-,68?,75+,76+/m1/s1. The van der Waals surface area contributed by atoms with E-state index >= 15 is 26.3 Å². The van der Waals surface area contributed by atoms with Gasteiger partial charge in [0.1, 0.15) is 64.6 Å². The van der Waals surface area contributed by atoms with E-state index in [9.17, 15) is 20.1 Å². The molecule has 7 atom stereocenters. The average molecular weight is 1420 g/mol. The number of carbonyl (C=O) groups excluding carboxylic acids is 2. The van der Waals surface area contributed by atoms with Crippen molar-refractivity contribution in [3.05, 3.63) is 142 Å². The van der Waals surface area contributed by atoms with Gasteiger partial charge in [-0.05, 0) is 105 Å². The number of aromatic nitrogens is 8. The number of fused-ring (bicyclic) bond motifs is 4. The summed E-state index contributed by atoms with van der Waals surface area (Å²) in [6.07, 6.45) is 13.8. The molecule has 0 N–H and O–H groups in total. The van der Waals surface area contributed by atoms with Gasteiger partial charge in [-0.15, -0.1) is 11.3 Å². The molecule has 103 heavy (non-hydrogen) atoms. The van der Waals surface area contributed by atoms with Crippen LogP contribution >= 0.6 is 11.3 Å². The van der Waals surface area contributed by atoms with Crippen molar-refractivity contribution in [2.24, 2.45) is 0 Å². The first-order valence-corrected chi connectivity index (χ1v) is 36.5. The molecule has 8 aliphatic rings. The molecular formula is C76H74F6N16O4S. The van der Waals surface area contributed by atoms with Crippen molar-refractivity contribution in [2.75, 3.05) is 81.9 Å². The van der Waals surface area contributed by atoms with Crippen LogP contribution in [-0.4, -0.2) is 179 Å². The lowest BCUT2D eigenvalue weighted by Gasteiger charge is -2.41. The Labute approximate surface area is 594 Å². The molecule has 8 fully saturated rings. The number of halogens is 6. The molecule has 0 radical (unpaired) electrons. The van der Waals surface area contributed by atoms with Gasteiger partial charge in [-0.25, -0.2) is 31.3 Å². The maximum atomic E-state index is 18.4. The Hall–Kier alpha value is -9.70. The average Bonchev–Trinajstić information content (AvgIpc) is 1.70. The Bertz CT molecular complexity index is 4750. The molecule has 2 aromatic carbocycles. The molecule has 2 amide bonds. The van der Waals surface area contributed by atoms with E-state index in [0.717, 1.165) is 68.2 Å². The summed E-state index contributed by atoms with van der Waals surface area (Å²) in [5.74, 6) is -4.76. The second-order valence-electron chi connectivity index (χ2n) is 28.5. The number of benzene rings is 2. The fraction of sp³-hybridized carbons (Fsp3) is 0.447. The molecule has 6 aliphatic heterocycles. The topological polar surface area (TPSA) is 223 Å². The van der Waals surface area contributed by atoms with Gasteiger partial charge in [-0.2, -0.15) is 30.5 Å². The molecule has 16 rings (SSSR count). The Kier molecular flexibility index (Phi) is 18.5. The molecule has 2 aliphatic carbocycles. The summed E-state index contributed by atoms with van der Waals surface area (Å²) in [4.78, 5) is 75.4. The van der Waals surface area contributed by atoms with Crippen molar-refractivity contribution in [2.45, 2.75) is 143 Å². The van der Waals surface area contributed by atoms with Crippen molar-refractivity contribution in [3.8, 4) is 46.7 Å². The lowest BCUT2D eigenvalue weighted by Crippen LogP contribution is -2.55. The molecule has 0 bridgehead atoms. The fourth-order valence-electron chi connectivity index (χ4n) is 17.3. The molecule has 2 saturated carbocycles. The van der Waals surface area contributed by atoms with E-state index in [1.807, 2.05) is 41.3 Å². The van der Waals surface area contributed by atoms with Crippen LogP contribution in [-0.2, 0) is 9.59 Å². The van der Waals surface area contributed by atoms with Gasteiger partial charge in [0.25, 0.3) is 11.8 Å². The van der Waals surface area contributed by atoms with Crippen molar-refractivity contribution >= 4 is 68.7 Å². The van der Waals surface area contributed by atoms with Crippen molar-refractivity contribution in [1.29, 1.82) is 10.5 Å². The van der Waals surface area contributed by atoms with Crippen molar-refractivity contribution < 1.29 is 45.4 Å². The summed E-state index contributed by atoms with van der Waals surface area (Å²) in [6, 6.07) is 19.6. The van der Waals surface area contributed by atoms with Gasteiger partial charge in [0.15, 0.2) is 23.3 Å². The number of thiazole rings is 1. The molecule has 530 valence electrons. The van der Waals surface area contributed by atoms with Crippen LogP contribution in [0, 0.1) is 34.3 Å². The second kappa shape index (κ2) is 28.2. The van der Waals surface area contributed by atoms with Crippen molar-refractivity contribution in [3.63, 3.8) is 0 Å². The molecular weight excluding hydrogens is 1350 g/mol. The highest BCUT2D eigenvalue weighted by Gasteiger charge is 2.57. The number of amides is 2. The molecule has 0 spiro atoms. The summed E-state index contributed by atoms with van der Waals surface area (Å²) in [7, 11) is 0. The van der Waals surface area contributed by atoms with Crippen LogP contribution in [0.4, 0.5) is 38.0 Å². The first-order chi connectivity index (χ1) is 50.2. The first-order valence-electron chi connectivity index (χ1n) is 35.6. The molecule has 8 aromatic rings. The number of ether oxygens (including phenoxy) is 2. The van der Waals surface area contributed by atoms with E-state index < -0.39 is 76.6 Å². The van der Waals surface area contributed by atoms with Crippen LogP contribution < -0.4 is 19.3 Å². The third-order valence-electron chi connectivity index (χ3n) is 22.7. The summed E-state index contributed by atoms with van der Waals surface area (Å²) in [5, 5.41) is 22.6. The highest BCUT2D eigenvalue weighted by molar-refractivity contribution is 7.10. The second-order valence-corrected chi connectivity index (χ2v) is 29.5. The predicted octanol–water partition coefficient (Wildman–Crippen LogP) is 12.9. The number of carbonyl (C=O) groups is 2. The zero-order chi connectivity index (χ0) is 70.7. The number of nitriles is 2. The number of hydrogen-bond acceptors (Lipinski definition) is 19. The number of piperazine rings is 2. The van der Waals surface area contributed by atoms with Gasteiger partial charge in [-0.1, -0.05) is 61.4 Å². The van der Waals surface area contributed by atoms with Gasteiger partial charge >= 0.3 is 12.0 Å². The zero-order valence-electron chi connectivity index (χ0n) is 56.5. The zero-order valence-corrected chi connectivity index (χ0v) is 57.3. The van der Waals surface area contributed by atoms with Crippen LogP contribution in [0.25, 0.3) is 56.5 Å². The van der Waals surface area contributed by atoms with Crippen LogP contribution in [0.1, 0.15) is 135 Å². The van der Waals surface area contributed by atoms with Gasteiger partial charge < -0.3 is 29.1 Å². The summed E-state index contributed by atoms with van der Waals surface area (Å²) >= 11 is 1.17. The minimum Gasteiger partial charge on any atom is -0.461 e. The highest BCUT2D eigenvalue weighted by atomic mass is 32.1. The number of alkyl halides is 2. The van der Waals surface area contributed by atoms with E-state index in [2.05, 4.69) is 31.9 Å². The third-order valence-corrected chi connectivity index (χ3v) is 23.4. The Balaban J connectivity index is 0.727. The molecule has 20 nitrogen and oxygen atoms in total. The molecule has 1 unspecified atom stereocenters. The van der Waals surface area contributed by atoms with Crippen LogP contribution in [0.5, 0.6) is 12.0 Å². The van der Waals surface area contributed by atoms with Crippen LogP contribution in [0.2, 0.25) is 0 Å². The molecule has 27 heteroatoms. The maximum Gasteiger partial charge on any atom is 0.319 e. The number of hydrogen-bond donors (Lipinski definition) is 0. The Morgan fingerprint density at radius 1 is 0.612 bits per heavy atom. The number of anilines is 2. The quantitative estimate of drug-likeness (QED) is 0.0542. The van der Waals surface area contributed by atoms with Crippen LogP contribution in [0.15, 0.2) is 102 Å². The Morgan fingerprint density at radius 3 is 1.82 bits per heavy atom. The number of rotatable bonds is 19. The van der Waals surface area contributed by atoms with Gasteiger partial charge in [0.2, 0.25) is 0 Å². The summed E-state index contributed by atoms with van der Waals surface area (Å²) < 4.78 is 114. The maximum absolute atomic E-state index is 18.4. The lowest BCUT2D eigenvalue weighted by molar-refractivity contribution is -0.131. The van der Waals surface area contributed by atoms with E-state index in [0.29, 0.717) is 54.0 Å². The lowest BCUT2D eigenvalue weighted by atomic mass is 9.74. The van der Waals surface area contributed by atoms with E-state index in [1.54, 1.807) is 34.5 Å². The SMILES string of the molecule is N#CC[C@H]1CN(c2nc(OC[C@@]34CCCN3C(c3cccc(-c5ncc6c(N7CCN(C(=O)/C(F)=C/c8nccs8)[C@@H](CC#N)C7)nc(OC[C@@]78CCCN7C[C@H](F)C8)nc6c5F)c3C3CCC3)[C@H](F)C4)nc3c(F)c(-c4ccccc4C4CCC4)ncc23)CCN1C(=O)/C(F)=C/c1ccccn1. The largest absolute Gasteiger partial charge is 0.461 e. The summed E-state index contributed by atoms with van der Waals surface area (Å²) in [5.41, 5.74) is 2.16. The highest BCUT2D eigenvalue weighted by Crippen LogP contribution is 2.55. The van der Waals surface area contributed by atoms with E-state index in [4.69, 9.17) is 39.4 Å². The smallest absolute Gasteiger partial charge is 0.319 e. The minimum atomic E-state index is -1.44. The van der Waals surface area contributed by atoms with E-state index in [-0.39, 0.29) is 159 Å². The monoisotopic (exact) mass is 1420 g/mol. The van der Waals surface area contributed by atoms with Crippen LogP contribution in [0.3, 0.4) is 0 Å². The predicted molar refractivity (Wildman–Crippen MR) is 374 cm³/mol. The molecule has 6 saturated heterocycles. The fourth-order valence-corrected chi connectivity index (χ4v) is 17.9. The van der Waals surface area contributed by atoms with E-state index in [1.165, 1.54) is 45.9 Å². The molecule has 12 heterocycles. The third kappa shape index (κ3) is 12.6. The normalized spacial score (nSPS) is 24.8.